The highest BCUT2D eigenvalue weighted by Crippen LogP contribution is 2.36. The van der Waals surface area contributed by atoms with E-state index < -0.39 is 5.97 Å². The van der Waals surface area contributed by atoms with E-state index in [4.69, 9.17) is 4.74 Å². The molecule has 1 amide bonds. The predicted octanol–water partition coefficient (Wildman–Crippen LogP) is 4.18. The van der Waals surface area contributed by atoms with Gasteiger partial charge in [0.25, 0.3) is 5.91 Å². The van der Waals surface area contributed by atoms with Crippen LogP contribution in [0.2, 0.25) is 0 Å². The number of H-pyrrole nitrogens is 1. The van der Waals surface area contributed by atoms with Gasteiger partial charge in [0.1, 0.15) is 0 Å². The summed E-state index contributed by atoms with van der Waals surface area (Å²) in [5.74, 6) is -0.830. The SMILES string of the molecule is O=C(OCC(=O)N1c2ccccc2CCc2ccccc21)c1ccc2nc[nH]c2c1. The number of imidazole rings is 1. The summed E-state index contributed by atoms with van der Waals surface area (Å²) in [4.78, 5) is 34.5. The topological polar surface area (TPSA) is 75.3 Å². The number of aryl methyl sites for hydroxylation is 2. The summed E-state index contributed by atoms with van der Waals surface area (Å²) in [6.07, 6.45) is 3.26. The summed E-state index contributed by atoms with van der Waals surface area (Å²) in [6, 6.07) is 20.8. The molecule has 148 valence electrons. The van der Waals surface area contributed by atoms with Gasteiger partial charge in [-0.2, -0.15) is 0 Å². The Kier molecular flexibility index (Phi) is 4.52. The number of carbonyl (C=O) groups excluding carboxylic acids is 2. The number of esters is 1. The lowest BCUT2D eigenvalue weighted by Crippen LogP contribution is -2.31. The number of rotatable bonds is 3. The van der Waals surface area contributed by atoms with Gasteiger partial charge >= 0.3 is 5.97 Å². The minimum absolute atomic E-state index is 0.284. The zero-order valence-electron chi connectivity index (χ0n) is 16.2. The van der Waals surface area contributed by atoms with Crippen molar-refractivity contribution >= 4 is 34.3 Å². The molecule has 0 saturated heterocycles. The number of anilines is 2. The molecule has 1 aromatic heterocycles. The maximum Gasteiger partial charge on any atom is 0.338 e. The second kappa shape index (κ2) is 7.48. The fourth-order valence-corrected chi connectivity index (χ4v) is 3.89. The number of nitrogens with one attached hydrogen (secondary N) is 1. The van der Waals surface area contributed by atoms with Crippen LogP contribution in [0.5, 0.6) is 0 Å². The Labute approximate surface area is 173 Å². The highest BCUT2D eigenvalue weighted by Gasteiger charge is 2.26. The van der Waals surface area contributed by atoms with Crippen LogP contribution in [0.15, 0.2) is 73.1 Å². The molecule has 3 aromatic carbocycles. The molecule has 5 rings (SSSR count). The molecule has 0 fully saturated rings. The van der Waals surface area contributed by atoms with Crippen molar-refractivity contribution in [2.45, 2.75) is 12.8 Å². The number of aromatic nitrogens is 2. The van der Waals surface area contributed by atoms with E-state index in [-0.39, 0.29) is 12.5 Å². The first-order chi connectivity index (χ1) is 14.7. The highest BCUT2D eigenvalue weighted by molar-refractivity contribution is 6.04. The van der Waals surface area contributed by atoms with Crippen molar-refractivity contribution in [3.63, 3.8) is 0 Å². The van der Waals surface area contributed by atoms with Crippen LogP contribution in [0.1, 0.15) is 21.5 Å². The molecule has 0 unspecified atom stereocenters. The van der Waals surface area contributed by atoms with Crippen LogP contribution in [0.3, 0.4) is 0 Å². The Morgan fingerprint density at radius 1 is 0.933 bits per heavy atom. The third-order valence-corrected chi connectivity index (χ3v) is 5.36. The number of hydrogen-bond donors (Lipinski definition) is 1. The summed E-state index contributed by atoms with van der Waals surface area (Å²) >= 11 is 0. The van der Waals surface area contributed by atoms with Crippen LogP contribution in [0.25, 0.3) is 11.0 Å². The lowest BCUT2D eigenvalue weighted by molar-refractivity contribution is -0.120. The van der Waals surface area contributed by atoms with Gasteiger partial charge in [0.05, 0.1) is 34.3 Å². The van der Waals surface area contributed by atoms with Crippen LogP contribution < -0.4 is 4.90 Å². The van der Waals surface area contributed by atoms with E-state index in [0.29, 0.717) is 5.56 Å². The number of amides is 1. The number of carbonyl (C=O) groups is 2. The molecule has 0 spiro atoms. The van der Waals surface area contributed by atoms with Gasteiger partial charge in [-0.15, -0.1) is 0 Å². The molecule has 1 aliphatic heterocycles. The smallest absolute Gasteiger partial charge is 0.338 e. The molecule has 30 heavy (non-hydrogen) atoms. The first-order valence-electron chi connectivity index (χ1n) is 9.80. The Bertz CT molecular complexity index is 1210. The lowest BCUT2D eigenvalue weighted by Gasteiger charge is -2.24. The zero-order chi connectivity index (χ0) is 20.5. The van der Waals surface area contributed by atoms with E-state index in [0.717, 1.165) is 46.4 Å². The summed E-state index contributed by atoms with van der Waals surface area (Å²) < 4.78 is 5.38. The van der Waals surface area contributed by atoms with Crippen molar-refractivity contribution in [3.8, 4) is 0 Å². The molecule has 0 radical (unpaired) electrons. The maximum atomic E-state index is 13.2. The number of hydrogen-bond acceptors (Lipinski definition) is 4. The quantitative estimate of drug-likeness (QED) is 0.526. The minimum Gasteiger partial charge on any atom is -0.452 e. The van der Waals surface area contributed by atoms with E-state index in [1.54, 1.807) is 29.4 Å². The van der Waals surface area contributed by atoms with Crippen LogP contribution in [-0.2, 0) is 22.4 Å². The van der Waals surface area contributed by atoms with Gasteiger partial charge in [-0.1, -0.05) is 36.4 Å². The van der Waals surface area contributed by atoms with Gasteiger partial charge in [0, 0.05) is 0 Å². The molecule has 1 aliphatic rings. The molecule has 4 aromatic rings. The van der Waals surface area contributed by atoms with Gasteiger partial charge in [-0.3, -0.25) is 9.69 Å². The normalized spacial score (nSPS) is 12.7. The van der Waals surface area contributed by atoms with Crippen LogP contribution in [-0.4, -0.2) is 28.5 Å². The molecule has 0 atom stereocenters. The number of aromatic amines is 1. The van der Waals surface area contributed by atoms with Gasteiger partial charge in [0.2, 0.25) is 0 Å². The van der Waals surface area contributed by atoms with Crippen molar-refractivity contribution in [1.29, 1.82) is 0 Å². The summed E-state index contributed by atoms with van der Waals surface area (Å²) in [5.41, 5.74) is 5.74. The summed E-state index contributed by atoms with van der Waals surface area (Å²) in [5, 5.41) is 0. The van der Waals surface area contributed by atoms with Crippen LogP contribution in [0.4, 0.5) is 11.4 Å². The minimum atomic E-state index is -0.545. The zero-order valence-corrected chi connectivity index (χ0v) is 16.2. The maximum absolute atomic E-state index is 13.2. The number of benzene rings is 3. The second-order valence-corrected chi connectivity index (χ2v) is 7.20. The lowest BCUT2D eigenvalue weighted by atomic mass is 10.0. The largest absolute Gasteiger partial charge is 0.452 e. The monoisotopic (exact) mass is 397 g/mol. The Hall–Kier alpha value is -3.93. The van der Waals surface area contributed by atoms with E-state index in [9.17, 15) is 9.59 Å². The highest BCUT2D eigenvalue weighted by atomic mass is 16.5. The van der Waals surface area contributed by atoms with Crippen molar-refractivity contribution in [3.05, 3.63) is 89.7 Å². The molecule has 6 heteroatoms. The molecule has 0 aliphatic carbocycles. The van der Waals surface area contributed by atoms with Crippen molar-refractivity contribution in [2.75, 3.05) is 11.5 Å². The Morgan fingerprint density at radius 2 is 1.60 bits per heavy atom. The molecule has 0 bridgehead atoms. The van der Waals surface area contributed by atoms with Crippen LogP contribution in [0, 0.1) is 0 Å². The third-order valence-electron chi connectivity index (χ3n) is 5.36. The van der Waals surface area contributed by atoms with Gasteiger partial charge in [-0.05, 0) is 54.3 Å². The standard InChI is InChI=1S/C24H19N3O3/c28-23(14-30-24(29)18-11-12-19-20(13-18)26-15-25-19)27-21-7-3-1-5-16(21)9-10-17-6-2-4-8-22(17)27/h1-8,11-13,15H,9-10,14H2,(H,25,26). The molecule has 2 heterocycles. The molecule has 1 N–H and O–H groups in total. The first kappa shape index (κ1) is 18.1. The van der Waals surface area contributed by atoms with E-state index in [2.05, 4.69) is 9.97 Å². The fraction of sp³-hybridized carbons (Fsp3) is 0.125. The van der Waals surface area contributed by atoms with E-state index in [1.807, 2.05) is 48.5 Å². The fourth-order valence-electron chi connectivity index (χ4n) is 3.89. The second-order valence-electron chi connectivity index (χ2n) is 7.20. The first-order valence-corrected chi connectivity index (χ1v) is 9.80. The van der Waals surface area contributed by atoms with Crippen LogP contribution >= 0.6 is 0 Å². The summed E-state index contributed by atoms with van der Waals surface area (Å²) in [6.45, 7) is -0.345. The average Bonchev–Trinajstić information content (AvgIpc) is 3.18. The molecule has 6 nitrogen and oxygen atoms in total. The molecular weight excluding hydrogens is 378 g/mol. The van der Waals surface area contributed by atoms with Crippen molar-refractivity contribution in [1.82, 2.24) is 9.97 Å². The number of ether oxygens (including phenoxy) is 1. The number of nitrogens with zero attached hydrogens (tertiary/aromatic N) is 2. The van der Waals surface area contributed by atoms with Crippen molar-refractivity contribution in [2.24, 2.45) is 0 Å². The average molecular weight is 397 g/mol. The van der Waals surface area contributed by atoms with Gasteiger partial charge in [0.15, 0.2) is 6.61 Å². The van der Waals surface area contributed by atoms with Gasteiger partial charge < -0.3 is 9.72 Å². The summed E-state index contributed by atoms with van der Waals surface area (Å²) in [7, 11) is 0. The Morgan fingerprint density at radius 3 is 2.30 bits per heavy atom. The number of fused-ring (bicyclic) bond motifs is 3. The van der Waals surface area contributed by atoms with E-state index in [1.165, 1.54) is 0 Å². The Balaban J connectivity index is 1.41. The molecule has 0 saturated carbocycles. The molecular formula is C24H19N3O3. The van der Waals surface area contributed by atoms with Gasteiger partial charge in [-0.25, -0.2) is 9.78 Å². The van der Waals surface area contributed by atoms with Crippen molar-refractivity contribution < 1.29 is 14.3 Å². The number of para-hydroxylation sites is 2. The van der Waals surface area contributed by atoms with E-state index >= 15 is 0 Å². The third kappa shape index (κ3) is 3.22. The predicted molar refractivity (Wildman–Crippen MR) is 114 cm³/mol.